The number of aromatic nitrogens is 2. The van der Waals surface area contributed by atoms with Gasteiger partial charge in [0.2, 0.25) is 11.1 Å². The van der Waals surface area contributed by atoms with E-state index in [1.807, 2.05) is 12.1 Å². The Morgan fingerprint density at radius 3 is 2.62 bits per heavy atom. The molecule has 1 aliphatic heterocycles. The summed E-state index contributed by atoms with van der Waals surface area (Å²) in [6.07, 6.45) is 2.29. The number of carbonyl (C=O) groups excluding carboxylic acids is 3. The number of Topliss-reactive ketones (excluding diaryl/α,β-unsaturated/α-hetero) is 1. The Kier molecular flexibility index (Phi) is 7.05. The molecule has 0 N–H and O–H groups in total. The number of nitrogens with zero attached hydrogens (tertiary/aromatic N) is 4. The van der Waals surface area contributed by atoms with Crippen molar-refractivity contribution < 1.29 is 28.4 Å². The van der Waals surface area contributed by atoms with E-state index in [0.29, 0.717) is 22.7 Å². The molecule has 0 bridgehead atoms. The zero-order chi connectivity index (χ0) is 27.7. The first-order chi connectivity index (χ1) is 18.7. The van der Waals surface area contributed by atoms with Crippen molar-refractivity contribution in [3.05, 3.63) is 104 Å². The van der Waals surface area contributed by atoms with Crippen molar-refractivity contribution >= 4 is 62.8 Å². The highest BCUT2D eigenvalue weighted by atomic mass is 35.5. The van der Waals surface area contributed by atoms with Crippen molar-refractivity contribution in [3.8, 4) is 11.6 Å². The second-order valence-corrected chi connectivity index (χ2v) is 9.42. The third-order valence-corrected chi connectivity index (χ3v) is 6.76. The Labute approximate surface area is 228 Å². The fourth-order valence-electron chi connectivity index (χ4n) is 3.79. The van der Waals surface area contributed by atoms with Crippen molar-refractivity contribution in [2.75, 3.05) is 6.54 Å². The minimum absolute atomic E-state index is 0.0129. The van der Waals surface area contributed by atoms with Crippen LogP contribution in [0.1, 0.15) is 15.9 Å². The van der Waals surface area contributed by atoms with Crippen LogP contribution in [0.3, 0.4) is 0 Å². The molecule has 194 valence electrons. The largest absolute Gasteiger partial charge is 0.436 e. The van der Waals surface area contributed by atoms with Crippen molar-refractivity contribution in [2.24, 2.45) is 0 Å². The van der Waals surface area contributed by atoms with Gasteiger partial charge in [-0.15, -0.1) is 0 Å². The summed E-state index contributed by atoms with van der Waals surface area (Å²) in [6.45, 7) is -0.552. The van der Waals surface area contributed by atoms with E-state index in [0.717, 1.165) is 28.6 Å². The van der Waals surface area contributed by atoms with E-state index < -0.39 is 40.1 Å². The summed E-state index contributed by atoms with van der Waals surface area (Å²) >= 11 is 6.41. The van der Waals surface area contributed by atoms with E-state index in [2.05, 4.69) is 9.97 Å². The first-order valence-electron chi connectivity index (χ1n) is 11.1. The molecule has 0 radical (unpaired) electrons. The molecule has 0 unspecified atom stereocenters. The zero-order valence-electron chi connectivity index (χ0n) is 19.5. The van der Waals surface area contributed by atoms with Crippen LogP contribution in [0.5, 0.6) is 11.6 Å². The number of nitro groups is 1. The van der Waals surface area contributed by atoms with Gasteiger partial charge in [0.25, 0.3) is 22.7 Å². The number of carbonyl (C=O) groups is 3. The molecule has 2 heterocycles. The molecule has 2 amide bonds. The number of benzene rings is 3. The Balaban J connectivity index is 1.47. The van der Waals surface area contributed by atoms with Crippen LogP contribution in [0.25, 0.3) is 16.8 Å². The van der Waals surface area contributed by atoms with Crippen LogP contribution in [-0.4, -0.2) is 43.3 Å². The Bertz CT molecular complexity index is 1710. The maximum atomic E-state index is 14.3. The van der Waals surface area contributed by atoms with Gasteiger partial charge in [-0.25, -0.2) is 4.98 Å². The molecule has 1 saturated heterocycles. The Morgan fingerprint density at radius 2 is 1.87 bits per heavy atom. The first kappa shape index (κ1) is 25.9. The van der Waals surface area contributed by atoms with Gasteiger partial charge in [-0.3, -0.25) is 29.4 Å². The third kappa shape index (κ3) is 5.33. The summed E-state index contributed by atoms with van der Waals surface area (Å²) in [5.74, 6) is -2.43. The number of non-ortho nitro benzene ring substituents is 1. The van der Waals surface area contributed by atoms with Crippen molar-refractivity contribution in [1.82, 2.24) is 14.9 Å². The van der Waals surface area contributed by atoms with Gasteiger partial charge in [-0.2, -0.15) is 9.37 Å². The van der Waals surface area contributed by atoms with Gasteiger partial charge in [0.15, 0.2) is 5.78 Å². The lowest BCUT2D eigenvalue weighted by molar-refractivity contribution is -0.384. The van der Waals surface area contributed by atoms with E-state index in [9.17, 15) is 28.9 Å². The lowest BCUT2D eigenvalue weighted by Crippen LogP contribution is -2.33. The average molecular weight is 565 g/mol. The molecule has 10 nitrogen and oxygen atoms in total. The molecule has 13 heteroatoms. The maximum absolute atomic E-state index is 14.3. The van der Waals surface area contributed by atoms with Crippen LogP contribution >= 0.6 is 23.4 Å². The monoisotopic (exact) mass is 564 g/mol. The summed E-state index contributed by atoms with van der Waals surface area (Å²) in [6, 6.07) is 15.3. The van der Waals surface area contributed by atoms with E-state index >= 15 is 0 Å². The quantitative estimate of drug-likeness (QED) is 0.0865. The Morgan fingerprint density at radius 1 is 1.13 bits per heavy atom. The molecule has 3 aromatic carbocycles. The van der Waals surface area contributed by atoms with Crippen LogP contribution in [0.15, 0.2) is 71.8 Å². The number of halogens is 2. The topological polar surface area (TPSA) is 133 Å². The Hall–Kier alpha value is -4.68. The minimum atomic E-state index is -0.858. The fraction of sp³-hybridized carbons (Fsp3) is 0.0385. The van der Waals surface area contributed by atoms with Gasteiger partial charge in [0.05, 0.1) is 22.6 Å². The van der Waals surface area contributed by atoms with Crippen LogP contribution in [0, 0.1) is 15.9 Å². The third-order valence-electron chi connectivity index (χ3n) is 5.67. The number of rotatable bonds is 7. The number of amides is 2. The van der Waals surface area contributed by atoms with Gasteiger partial charge < -0.3 is 4.74 Å². The molecule has 0 saturated carbocycles. The van der Waals surface area contributed by atoms with Gasteiger partial charge in [0.1, 0.15) is 5.75 Å². The molecule has 1 aliphatic rings. The van der Waals surface area contributed by atoms with Crippen LogP contribution in [-0.2, 0) is 4.79 Å². The summed E-state index contributed by atoms with van der Waals surface area (Å²) in [7, 11) is 0. The number of ether oxygens (including phenoxy) is 1. The lowest BCUT2D eigenvalue weighted by atomic mass is 10.0. The molecule has 1 aromatic heterocycles. The van der Waals surface area contributed by atoms with Gasteiger partial charge in [-0.05, 0) is 58.4 Å². The second-order valence-electron chi connectivity index (χ2n) is 8.09. The lowest BCUT2D eigenvalue weighted by Gasteiger charge is -2.13. The van der Waals surface area contributed by atoms with E-state index in [4.69, 9.17) is 16.3 Å². The molecular formula is C26H14ClFN4O6S. The summed E-state index contributed by atoms with van der Waals surface area (Å²) in [4.78, 5) is 56.9. The number of ketones is 1. The molecule has 4 aromatic rings. The summed E-state index contributed by atoms with van der Waals surface area (Å²) in [5, 5.41) is 11.4. The highest BCUT2D eigenvalue weighted by Gasteiger charge is 2.37. The standard InChI is InChI=1S/C26H14ClFN4O6S/c27-25-29-12-19(28)23(30-25)38-21-10-7-14-3-1-2-4-17(14)18(21)11-22-24(34)31(26(35)39-22)13-20(33)15-5-8-16(9-6-15)32(36)37/h1-12H,13H2/b22-11+. The molecule has 0 spiro atoms. The van der Waals surface area contributed by atoms with Crippen LogP contribution in [0.2, 0.25) is 5.28 Å². The molecule has 39 heavy (non-hydrogen) atoms. The molecule has 0 aliphatic carbocycles. The highest BCUT2D eigenvalue weighted by molar-refractivity contribution is 8.18. The van der Waals surface area contributed by atoms with E-state index in [-0.39, 0.29) is 27.2 Å². The number of fused-ring (bicyclic) bond motifs is 1. The van der Waals surface area contributed by atoms with Crippen molar-refractivity contribution in [2.45, 2.75) is 0 Å². The van der Waals surface area contributed by atoms with Crippen LogP contribution < -0.4 is 4.74 Å². The highest BCUT2D eigenvalue weighted by Crippen LogP contribution is 2.38. The summed E-state index contributed by atoms with van der Waals surface area (Å²) in [5.41, 5.74) is 0.284. The predicted octanol–water partition coefficient (Wildman–Crippen LogP) is 6.04. The first-order valence-corrected chi connectivity index (χ1v) is 12.3. The van der Waals surface area contributed by atoms with E-state index in [1.165, 1.54) is 18.2 Å². The minimum Gasteiger partial charge on any atom is -0.436 e. The maximum Gasteiger partial charge on any atom is 0.293 e. The fourth-order valence-corrected chi connectivity index (χ4v) is 4.74. The number of hydrogen-bond donors (Lipinski definition) is 0. The average Bonchev–Trinajstić information content (AvgIpc) is 3.19. The molecule has 5 rings (SSSR count). The normalized spacial score (nSPS) is 14.3. The number of nitro benzene ring substituents is 1. The van der Waals surface area contributed by atoms with Gasteiger partial charge >= 0.3 is 0 Å². The SMILES string of the molecule is O=C(CN1C(=O)S/C(=C/c2c(Oc3nc(Cl)ncc3F)ccc3ccccc23)C1=O)c1ccc([N+](=O)[O-])cc1. The number of hydrogen-bond acceptors (Lipinski definition) is 9. The molecule has 0 atom stereocenters. The van der Waals surface area contributed by atoms with Crippen molar-refractivity contribution in [3.63, 3.8) is 0 Å². The van der Waals surface area contributed by atoms with Gasteiger partial charge in [0, 0.05) is 23.3 Å². The zero-order valence-corrected chi connectivity index (χ0v) is 21.1. The number of thioether (sulfide) groups is 1. The van der Waals surface area contributed by atoms with Gasteiger partial charge in [-0.1, -0.05) is 30.3 Å². The molecular weight excluding hydrogens is 551 g/mol. The summed E-state index contributed by atoms with van der Waals surface area (Å²) < 4.78 is 20.0. The molecule has 1 fully saturated rings. The predicted molar refractivity (Wildman–Crippen MR) is 141 cm³/mol. The van der Waals surface area contributed by atoms with Crippen LogP contribution in [0.4, 0.5) is 14.9 Å². The smallest absolute Gasteiger partial charge is 0.293 e. The van der Waals surface area contributed by atoms with Crippen molar-refractivity contribution in [1.29, 1.82) is 0 Å². The number of imide groups is 1. The second kappa shape index (κ2) is 10.6. The van der Waals surface area contributed by atoms with E-state index in [1.54, 1.807) is 24.3 Å².